The molecule has 0 bridgehead atoms. The van der Waals surface area contributed by atoms with Crippen LogP contribution in [-0.4, -0.2) is 11.0 Å². The summed E-state index contributed by atoms with van der Waals surface area (Å²) in [5.41, 5.74) is 6.95. The maximum Gasteiger partial charge on any atom is 0.0550 e. The molecule has 1 unspecified atom stereocenters. The number of nitrogens with one attached hydrogen (secondary N) is 1. The van der Waals surface area contributed by atoms with Gasteiger partial charge in [-0.05, 0) is 32.3 Å². The van der Waals surface area contributed by atoms with Crippen molar-refractivity contribution in [1.29, 1.82) is 0 Å². The molecular weight excluding hydrogens is 252 g/mol. The second-order valence-electron chi connectivity index (χ2n) is 5.73. The summed E-state index contributed by atoms with van der Waals surface area (Å²) in [5, 5.41) is 0.843. The molecule has 0 saturated heterocycles. The molecule has 0 heterocycles. The molecule has 0 aliphatic heterocycles. The van der Waals surface area contributed by atoms with Gasteiger partial charge in [-0.2, -0.15) is 11.8 Å². The van der Waals surface area contributed by atoms with Crippen molar-refractivity contribution in [2.45, 2.75) is 57.2 Å². The van der Waals surface area contributed by atoms with E-state index in [1.54, 1.807) is 0 Å². The zero-order chi connectivity index (χ0) is 13.7. The fourth-order valence-corrected chi connectivity index (χ4v) is 4.34. The minimum atomic E-state index is 0.269. The van der Waals surface area contributed by atoms with Crippen molar-refractivity contribution in [2.75, 3.05) is 5.75 Å². The molecular formula is C16H26N2S. The highest BCUT2D eigenvalue weighted by molar-refractivity contribution is 7.99. The van der Waals surface area contributed by atoms with Gasteiger partial charge in [0.25, 0.3) is 0 Å². The first-order valence-corrected chi connectivity index (χ1v) is 8.40. The molecule has 2 nitrogen and oxygen atoms in total. The van der Waals surface area contributed by atoms with Crippen molar-refractivity contribution in [2.24, 2.45) is 5.84 Å². The van der Waals surface area contributed by atoms with Crippen molar-refractivity contribution < 1.29 is 0 Å². The zero-order valence-electron chi connectivity index (χ0n) is 12.1. The number of benzene rings is 1. The number of rotatable bonds is 5. The highest BCUT2D eigenvalue weighted by atomic mass is 32.2. The molecule has 3 heteroatoms. The first-order valence-electron chi connectivity index (χ1n) is 7.35. The molecule has 1 aromatic rings. The van der Waals surface area contributed by atoms with E-state index in [0.29, 0.717) is 0 Å². The van der Waals surface area contributed by atoms with Crippen LogP contribution in [0.25, 0.3) is 0 Å². The molecule has 1 fully saturated rings. The van der Waals surface area contributed by atoms with E-state index in [1.807, 2.05) is 0 Å². The summed E-state index contributed by atoms with van der Waals surface area (Å²) in [4.78, 5) is 0. The van der Waals surface area contributed by atoms with E-state index in [-0.39, 0.29) is 6.04 Å². The lowest BCUT2D eigenvalue weighted by Crippen LogP contribution is -2.30. The van der Waals surface area contributed by atoms with Crippen LogP contribution < -0.4 is 11.3 Å². The third-order valence-electron chi connectivity index (χ3n) is 3.90. The van der Waals surface area contributed by atoms with Crippen molar-refractivity contribution in [3.63, 3.8) is 0 Å². The molecule has 1 aromatic carbocycles. The standard InChI is InChI=1S/C16H26N2S/c1-12-8-13(2)10-14(9-12)16(18-17)11-19-15-6-4-3-5-7-15/h8-10,15-16,18H,3-7,11,17H2,1-2H3. The van der Waals surface area contributed by atoms with Crippen molar-refractivity contribution >= 4 is 11.8 Å². The Labute approximate surface area is 121 Å². The summed E-state index contributed by atoms with van der Waals surface area (Å²) in [6.45, 7) is 4.30. The Bertz CT molecular complexity index is 379. The third-order valence-corrected chi connectivity index (χ3v) is 5.37. The first kappa shape index (κ1) is 14.9. The van der Waals surface area contributed by atoms with Crippen LogP contribution in [0.5, 0.6) is 0 Å². The van der Waals surface area contributed by atoms with E-state index in [0.717, 1.165) is 11.0 Å². The maximum absolute atomic E-state index is 5.76. The van der Waals surface area contributed by atoms with Crippen LogP contribution in [-0.2, 0) is 0 Å². The van der Waals surface area contributed by atoms with Crippen molar-refractivity contribution in [3.8, 4) is 0 Å². The SMILES string of the molecule is Cc1cc(C)cc(C(CSC2CCCCC2)NN)c1. The summed E-state index contributed by atoms with van der Waals surface area (Å²) >= 11 is 2.09. The Morgan fingerprint density at radius 1 is 1.16 bits per heavy atom. The average Bonchev–Trinajstić information content (AvgIpc) is 2.39. The minimum absolute atomic E-state index is 0.269. The molecule has 0 spiro atoms. The second-order valence-corrected chi connectivity index (χ2v) is 7.07. The number of hydrazine groups is 1. The van der Waals surface area contributed by atoms with Gasteiger partial charge in [-0.3, -0.25) is 11.3 Å². The second kappa shape index (κ2) is 7.32. The van der Waals surface area contributed by atoms with Gasteiger partial charge in [-0.15, -0.1) is 0 Å². The monoisotopic (exact) mass is 278 g/mol. The molecule has 1 aliphatic rings. The maximum atomic E-state index is 5.76. The van der Waals surface area contributed by atoms with Gasteiger partial charge >= 0.3 is 0 Å². The Balaban J connectivity index is 1.95. The molecule has 0 aromatic heterocycles. The van der Waals surface area contributed by atoms with E-state index in [4.69, 9.17) is 5.84 Å². The van der Waals surface area contributed by atoms with E-state index < -0.39 is 0 Å². The van der Waals surface area contributed by atoms with Crippen molar-refractivity contribution in [1.82, 2.24) is 5.43 Å². The Morgan fingerprint density at radius 3 is 2.37 bits per heavy atom. The van der Waals surface area contributed by atoms with E-state index >= 15 is 0 Å². The van der Waals surface area contributed by atoms with E-state index in [9.17, 15) is 0 Å². The van der Waals surface area contributed by atoms with Gasteiger partial charge in [0.05, 0.1) is 6.04 Å². The van der Waals surface area contributed by atoms with Gasteiger partial charge in [0.1, 0.15) is 0 Å². The summed E-state index contributed by atoms with van der Waals surface area (Å²) in [6, 6.07) is 6.98. The number of aryl methyl sites for hydroxylation is 2. The minimum Gasteiger partial charge on any atom is -0.271 e. The van der Waals surface area contributed by atoms with E-state index in [1.165, 1.54) is 48.8 Å². The average molecular weight is 278 g/mol. The lowest BCUT2D eigenvalue weighted by atomic mass is 10.0. The summed E-state index contributed by atoms with van der Waals surface area (Å²) in [7, 11) is 0. The predicted molar refractivity (Wildman–Crippen MR) is 85.3 cm³/mol. The Hall–Kier alpha value is -0.510. The third kappa shape index (κ3) is 4.51. The molecule has 3 N–H and O–H groups in total. The van der Waals surface area contributed by atoms with Crippen LogP contribution in [0.1, 0.15) is 54.8 Å². The van der Waals surface area contributed by atoms with Gasteiger partial charge in [0.2, 0.25) is 0 Å². The van der Waals surface area contributed by atoms with Crippen LogP contribution in [0.2, 0.25) is 0 Å². The summed E-state index contributed by atoms with van der Waals surface area (Å²) in [5.74, 6) is 6.83. The summed E-state index contributed by atoms with van der Waals surface area (Å²) in [6.07, 6.45) is 7.00. The highest BCUT2D eigenvalue weighted by Gasteiger charge is 2.17. The van der Waals surface area contributed by atoms with Gasteiger partial charge in [-0.1, -0.05) is 48.6 Å². The quantitative estimate of drug-likeness (QED) is 0.634. The van der Waals surface area contributed by atoms with Gasteiger partial charge < -0.3 is 0 Å². The fraction of sp³-hybridized carbons (Fsp3) is 0.625. The van der Waals surface area contributed by atoms with E-state index in [2.05, 4.69) is 49.2 Å². The fourth-order valence-electron chi connectivity index (χ4n) is 2.92. The number of hydrogen-bond donors (Lipinski definition) is 2. The Kier molecular flexibility index (Phi) is 5.74. The smallest absolute Gasteiger partial charge is 0.0550 e. The van der Waals surface area contributed by atoms with Crippen LogP contribution in [0, 0.1) is 13.8 Å². The van der Waals surface area contributed by atoms with Gasteiger partial charge in [0.15, 0.2) is 0 Å². The molecule has 1 saturated carbocycles. The summed E-state index contributed by atoms with van der Waals surface area (Å²) < 4.78 is 0. The van der Waals surface area contributed by atoms with Gasteiger partial charge in [-0.25, -0.2) is 0 Å². The van der Waals surface area contributed by atoms with Crippen LogP contribution in [0.4, 0.5) is 0 Å². The molecule has 2 rings (SSSR count). The molecule has 0 amide bonds. The highest BCUT2D eigenvalue weighted by Crippen LogP contribution is 2.31. The lowest BCUT2D eigenvalue weighted by molar-refractivity contribution is 0.514. The van der Waals surface area contributed by atoms with Crippen LogP contribution in [0.15, 0.2) is 18.2 Å². The zero-order valence-corrected chi connectivity index (χ0v) is 12.9. The number of hydrogen-bond acceptors (Lipinski definition) is 3. The van der Waals surface area contributed by atoms with Crippen LogP contribution in [0.3, 0.4) is 0 Å². The molecule has 1 aliphatic carbocycles. The van der Waals surface area contributed by atoms with Crippen molar-refractivity contribution in [3.05, 3.63) is 34.9 Å². The number of thioether (sulfide) groups is 1. The molecule has 106 valence electrons. The normalized spacial score (nSPS) is 18.5. The topological polar surface area (TPSA) is 38.0 Å². The lowest BCUT2D eigenvalue weighted by Gasteiger charge is -2.24. The van der Waals surface area contributed by atoms with Crippen LogP contribution >= 0.6 is 11.8 Å². The molecule has 19 heavy (non-hydrogen) atoms. The molecule has 1 atom stereocenters. The molecule has 0 radical (unpaired) electrons. The first-order chi connectivity index (χ1) is 9.19. The number of nitrogens with two attached hydrogens (primary N) is 1. The predicted octanol–water partition coefficient (Wildman–Crippen LogP) is 3.87. The van der Waals surface area contributed by atoms with Gasteiger partial charge in [0, 0.05) is 11.0 Å². The largest absolute Gasteiger partial charge is 0.271 e. The Morgan fingerprint density at radius 2 is 1.79 bits per heavy atom.